The van der Waals surface area contributed by atoms with Crippen LogP contribution in [0, 0.1) is 23.0 Å². The van der Waals surface area contributed by atoms with E-state index in [1.807, 2.05) is 6.07 Å². The molecule has 0 atom stereocenters. The minimum Gasteiger partial charge on any atom is -0.339 e. The van der Waals surface area contributed by atoms with Gasteiger partial charge in [0.2, 0.25) is 11.7 Å². The van der Waals surface area contributed by atoms with Crippen LogP contribution in [0.2, 0.25) is 0 Å². The van der Waals surface area contributed by atoms with Gasteiger partial charge in [-0.3, -0.25) is 0 Å². The molecule has 7 heteroatoms. The Morgan fingerprint density at radius 1 is 1.39 bits per heavy atom. The van der Waals surface area contributed by atoms with Crippen LogP contribution in [0.25, 0.3) is 11.4 Å². The van der Waals surface area contributed by atoms with Crippen molar-refractivity contribution in [1.82, 2.24) is 10.1 Å². The summed E-state index contributed by atoms with van der Waals surface area (Å²) >= 11 is 2.94. The molecule has 1 aromatic heterocycles. The molecule has 2 rings (SSSR count). The fourth-order valence-electron chi connectivity index (χ4n) is 1.33. The first-order chi connectivity index (χ1) is 8.63. The van der Waals surface area contributed by atoms with Crippen LogP contribution in [0.5, 0.6) is 0 Å². The molecule has 92 valence electrons. The maximum absolute atomic E-state index is 13.3. The third-order valence-corrected chi connectivity index (χ3v) is 2.97. The first-order valence-corrected chi connectivity index (χ1v) is 5.76. The number of hydrogen-bond acceptors (Lipinski definition) is 4. The fraction of sp³-hybridized carbons (Fsp3) is 0.182. The normalized spacial score (nSPS) is 10.3. The Morgan fingerprint density at radius 2 is 2.17 bits per heavy atom. The fourth-order valence-corrected chi connectivity index (χ4v) is 1.83. The summed E-state index contributed by atoms with van der Waals surface area (Å²) < 4.78 is 31.1. The molecule has 0 bridgehead atoms. The van der Waals surface area contributed by atoms with Crippen LogP contribution in [-0.2, 0) is 6.42 Å². The zero-order chi connectivity index (χ0) is 13.1. The van der Waals surface area contributed by atoms with Crippen molar-refractivity contribution in [2.45, 2.75) is 12.8 Å². The molecule has 0 amide bonds. The summed E-state index contributed by atoms with van der Waals surface area (Å²) in [5, 5.41) is 12.1. The van der Waals surface area contributed by atoms with Gasteiger partial charge in [-0.25, -0.2) is 8.78 Å². The van der Waals surface area contributed by atoms with Gasteiger partial charge in [-0.1, -0.05) is 5.16 Å². The van der Waals surface area contributed by atoms with Crippen LogP contribution in [0.1, 0.15) is 12.3 Å². The molecule has 1 aromatic carbocycles. The zero-order valence-corrected chi connectivity index (χ0v) is 10.5. The van der Waals surface area contributed by atoms with Crippen molar-refractivity contribution in [3.8, 4) is 17.5 Å². The van der Waals surface area contributed by atoms with E-state index in [1.165, 1.54) is 6.07 Å². The highest BCUT2D eigenvalue weighted by Gasteiger charge is 2.16. The molecule has 0 saturated carbocycles. The predicted molar refractivity (Wildman–Crippen MR) is 61.3 cm³/mol. The molecule has 0 radical (unpaired) electrons. The molecular formula is C11H6BrF2N3O. The highest BCUT2D eigenvalue weighted by molar-refractivity contribution is 9.10. The number of rotatable bonds is 3. The zero-order valence-electron chi connectivity index (χ0n) is 8.95. The average molecular weight is 314 g/mol. The maximum Gasteiger partial charge on any atom is 0.227 e. The van der Waals surface area contributed by atoms with Gasteiger partial charge in [0.1, 0.15) is 0 Å². The summed E-state index contributed by atoms with van der Waals surface area (Å²) in [5.74, 6) is -1.54. The number of halogens is 3. The largest absolute Gasteiger partial charge is 0.339 e. The summed E-state index contributed by atoms with van der Waals surface area (Å²) in [4.78, 5) is 4.00. The molecule has 0 aliphatic rings. The topological polar surface area (TPSA) is 62.7 Å². The SMILES string of the molecule is N#CCCc1nc(-c2ccc(F)c(F)c2Br)no1. The van der Waals surface area contributed by atoms with Crippen molar-refractivity contribution < 1.29 is 13.3 Å². The second-order valence-electron chi connectivity index (χ2n) is 3.39. The monoisotopic (exact) mass is 313 g/mol. The Labute approximate surface area is 109 Å². The van der Waals surface area contributed by atoms with Crippen LogP contribution in [0.15, 0.2) is 21.1 Å². The van der Waals surface area contributed by atoms with Crippen molar-refractivity contribution in [2.75, 3.05) is 0 Å². The number of hydrogen-bond donors (Lipinski definition) is 0. The van der Waals surface area contributed by atoms with E-state index < -0.39 is 11.6 Å². The van der Waals surface area contributed by atoms with Gasteiger partial charge >= 0.3 is 0 Å². The van der Waals surface area contributed by atoms with Crippen LogP contribution in [-0.4, -0.2) is 10.1 Å². The lowest BCUT2D eigenvalue weighted by atomic mass is 10.2. The molecule has 2 aromatic rings. The minimum atomic E-state index is -1.00. The van der Waals surface area contributed by atoms with Gasteiger partial charge in [-0.2, -0.15) is 10.2 Å². The molecule has 4 nitrogen and oxygen atoms in total. The van der Waals surface area contributed by atoms with E-state index in [9.17, 15) is 8.78 Å². The van der Waals surface area contributed by atoms with Crippen molar-refractivity contribution in [3.63, 3.8) is 0 Å². The summed E-state index contributed by atoms with van der Waals surface area (Å²) in [6, 6.07) is 4.28. The van der Waals surface area contributed by atoms with Gasteiger partial charge in [0.25, 0.3) is 0 Å². The Balaban J connectivity index is 2.35. The minimum absolute atomic E-state index is 0.0601. The molecule has 0 fully saturated rings. The molecule has 0 N–H and O–H groups in total. The standard InChI is InChI=1S/C11H6BrF2N3O/c12-9-6(3-4-7(13)10(9)14)11-16-8(18-17-11)2-1-5-15/h3-4H,1-2H2. The first-order valence-electron chi connectivity index (χ1n) is 4.97. The van der Waals surface area contributed by atoms with Crippen molar-refractivity contribution in [3.05, 3.63) is 34.1 Å². The number of nitrogens with zero attached hydrogens (tertiary/aromatic N) is 3. The van der Waals surface area contributed by atoms with Crippen LogP contribution in [0.3, 0.4) is 0 Å². The van der Waals surface area contributed by atoms with Gasteiger partial charge in [0.05, 0.1) is 10.5 Å². The van der Waals surface area contributed by atoms with Crippen LogP contribution < -0.4 is 0 Å². The van der Waals surface area contributed by atoms with Gasteiger partial charge < -0.3 is 4.52 Å². The predicted octanol–water partition coefficient (Wildman–Crippen LogP) is 3.23. The number of aryl methyl sites for hydroxylation is 1. The second kappa shape index (κ2) is 5.23. The number of aromatic nitrogens is 2. The van der Waals surface area contributed by atoms with Crippen molar-refractivity contribution >= 4 is 15.9 Å². The second-order valence-corrected chi connectivity index (χ2v) is 4.19. The Hall–Kier alpha value is -1.81. The number of benzene rings is 1. The third kappa shape index (κ3) is 2.38. The van der Waals surface area contributed by atoms with E-state index >= 15 is 0 Å². The quantitative estimate of drug-likeness (QED) is 0.816. The van der Waals surface area contributed by atoms with Gasteiger partial charge in [0, 0.05) is 18.4 Å². The van der Waals surface area contributed by atoms with Crippen molar-refractivity contribution in [1.29, 1.82) is 5.26 Å². The lowest BCUT2D eigenvalue weighted by Gasteiger charge is -2.00. The molecule has 0 spiro atoms. The average Bonchev–Trinajstić information content (AvgIpc) is 2.82. The highest BCUT2D eigenvalue weighted by Crippen LogP contribution is 2.29. The van der Waals surface area contributed by atoms with Crippen LogP contribution >= 0.6 is 15.9 Å². The van der Waals surface area contributed by atoms with E-state index in [2.05, 4.69) is 26.1 Å². The van der Waals surface area contributed by atoms with Gasteiger partial charge in [-0.05, 0) is 28.1 Å². The van der Waals surface area contributed by atoms with Gasteiger partial charge in [-0.15, -0.1) is 0 Å². The highest BCUT2D eigenvalue weighted by atomic mass is 79.9. The number of nitriles is 1. The summed E-state index contributed by atoms with van der Waals surface area (Å²) in [6.45, 7) is 0. The van der Waals surface area contributed by atoms with Crippen molar-refractivity contribution in [2.24, 2.45) is 0 Å². The van der Waals surface area contributed by atoms with E-state index in [-0.39, 0.29) is 22.6 Å². The van der Waals surface area contributed by atoms with E-state index in [1.54, 1.807) is 0 Å². The van der Waals surface area contributed by atoms with E-state index in [0.29, 0.717) is 12.0 Å². The first kappa shape index (κ1) is 12.6. The van der Waals surface area contributed by atoms with E-state index in [4.69, 9.17) is 9.78 Å². The molecular weight excluding hydrogens is 308 g/mol. The Morgan fingerprint density at radius 3 is 2.89 bits per heavy atom. The van der Waals surface area contributed by atoms with Crippen LogP contribution in [0.4, 0.5) is 8.78 Å². The molecule has 0 aliphatic carbocycles. The summed E-state index contributed by atoms with van der Waals surface area (Å²) in [6.07, 6.45) is 0.575. The Kier molecular flexibility index (Phi) is 3.67. The molecule has 0 saturated heterocycles. The summed E-state index contributed by atoms with van der Waals surface area (Å²) in [5.41, 5.74) is 0.292. The summed E-state index contributed by atoms with van der Waals surface area (Å²) in [7, 11) is 0. The smallest absolute Gasteiger partial charge is 0.227 e. The Bertz CT molecular complexity index is 621. The third-order valence-electron chi connectivity index (χ3n) is 2.19. The molecule has 0 unspecified atom stereocenters. The molecule has 0 aliphatic heterocycles. The van der Waals surface area contributed by atoms with E-state index in [0.717, 1.165) is 6.07 Å². The molecule has 18 heavy (non-hydrogen) atoms. The van der Waals surface area contributed by atoms with Gasteiger partial charge in [0.15, 0.2) is 11.6 Å². The lowest BCUT2D eigenvalue weighted by molar-refractivity contribution is 0.380. The maximum atomic E-state index is 13.3. The molecule has 1 heterocycles. The lowest BCUT2D eigenvalue weighted by Crippen LogP contribution is -1.91.